The molecule has 3 fully saturated rings. The van der Waals surface area contributed by atoms with E-state index in [1.807, 2.05) is 0 Å². The first kappa shape index (κ1) is 15.1. The summed E-state index contributed by atoms with van der Waals surface area (Å²) in [6, 6.07) is -0.282. The van der Waals surface area contributed by atoms with Gasteiger partial charge in [0.05, 0.1) is 11.7 Å². The highest BCUT2D eigenvalue weighted by atomic mass is 16.5. The lowest BCUT2D eigenvalue weighted by molar-refractivity contribution is -0.0714. The van der Waals surface area contributed by atoms with Crippen molar-refractivity contribution in [3.05, 3.63) is 0 Å². The van der Waals surface area contributed by atoms with Crippen LogP contribution in [0.4, 0.5) is 4.79 Å². The first-order valence-corrected chi connectivity index (χ1v) is 8.61. The van der Waals surface area contributed by atoms with Gasteiger partial charge in [0.2, 0.25) is 0 Å². The first-order valence-electron chi connectivity index (χ1n) is 8.61. The molecule has 1 atom stereocenters. The van der Waals surface area contributed by atoms with Gasteiger partial charge >= 0.3 is 6.03 Å². The number of nitrogens with zero attached hydrogens (tertiary/aromatic N) is 2. The Balaban J connectivity index is 1.47. The molecular formula is C16H29N3O2. The number of hydrogen-bond acceptors (Lipinski definition) is 3. The molecule has 3 aliphatic rings. The van der Waals surface area contributed by atoms with Crippen molar-refractivity contribution in [3.63, 3.8) is 0 Å². The topological polar surface area (TPSA) is 58.8 Å². The van der Waals surface area contributed by atoms with Gasteiger partial charge in [-0.1, -0.05) is 19.3 Å². The molecule has 5 heteroatoms. The normalized spacial score (nSPS) is 30.5. The molecule has 2 amide bonds. The van der Waals surface area contributed by atoms with Crippen molar-refractivity contribution < 1.29 is 9.53 Å². The van der Waals surface area contributed by atoms with E-state index in [4.69, 9.17) is 10.5 Å². The Kier molecular flexibility index (Phi) is 4.69. The molecule has 0 aromatic rings. The molecule has 1 aliphatic carbocycles. The average molecular weight is 295 g/mol. The van der Waals surface area contributed by atoms with Crippen molar-refractivity contribution in [2.45, 2.75) is 63.1 Å². The highest BCUT2D eigenvalue weighted by Crippen LogP contribution is 2.42. The zero-order chi connectivity index (χ0) is 14.7. The van der Waals surface area contributed by atoms with Gasteiger partial charge in [-0.3, -0.25) is 4.90 Å². The maximum atomic E-state index is 11.3. The van der Waals surface area contributed by atoms with Crippen LogP contribution in [0, 0.1) is 0 Å². The van der Waals surface area contributed by atoms with Crippen molar-refractivity contribution in [1.82, 2.24) is 9.80 Å². The SMILES string of the molecule is NC(=O)N1CCCN(C[C@H]2CCC3(CCCCC3)O2)CC1. The van der Waals surface area contributed by atoms with Crippen molar-refractivity contribution in [2.24, 2.45) is 5.73 Å². The summed E-state index contributed by atoms with van der Waals surface area (Å²) in [4.78, 5) is 15.5. The minimum Gasteiger partial charge on any atom is -0.370 e. The fraction of sp³-hybridized carbons (Fsp3) is 0.938. The number of rotatable bonds is 2. The minimum atomic E-state index is -0.282. The van der Waals surface area contributed by atoms with Crippen LogP contribution in [0.2, 0.25) is 0 Å². The van der Waals surface area contributed by atoms with Crippen LogP contribution in [0.3, 0.4) is 0 Å². The maximum Gasteiger partial charge on any atom is 0.314 e. The Labute approximate surface area is 127 Å². The Bertz CT molecular complexity index is 369. The van der Waals surface area contributed by atoms with Gasteiger partial charge in [0.15, 0.2) is 0 Å². The molecule has 0 aromatic carbocycles. The molecule has 5 nitrogen and oxygen atoms in total. The van der Waals surface area contributed by atoms with Crippen LogP contribution >= 0.6 is 0 Å². The maximum absolute atomic E-state index is 11.3. The third kappa shape index (κ3) is 3.69. The molecule has 2 heterocycles. The van der Waals surface area contributed by atoms with E-state index >= 15 is 0 Å². The molecule has 0 bridgehead atoms. The Morgan fingerprint density at radius 2 is 1.86 bits per heavy atom. The standard InChI is InChI=1S/C16H29N3O2/c17-15(20)19-10-4-9-18(11-12-19)13-14-5-8-16(21-14)6-2-1-3-7-16/h14H,1-13H2,(H2,17,20)/t14-/m1/s1. The van der Waals surface area contributed by atoms with Gasteiger partial charge in [-0.25, -0.2) is 4.79 Å². The number of carbonyl (C=O) groups is 1. The fourth-order valence-electron chi connectivity index (χ4n) is 4.25. The molecule has 2 saturated heterocycles. The summed E-state index contributed by atoms with van der Waals surface area (Å²) in [7, 11) is 0. The van der Waals surface area contributed by atoms with E-state index in [0.29, 0.717) is 6.10 Å². The Morgan fingerprint density at radius 3 is 2.62 bits per heavy atom. The number of carbonyl (C=O) groups excluding carboxylic acids is 1. The fourth-order valence-corrected chi connectivity index (χ4v) is 4.25. The van der Waals surface area contributed by atoms with E-state index < -0.39 is 0 Å². The van der Waals surface area contributed by atoms with E-state index in [-0.39, 0.29) is 11.6 Å². The summed E-state index contributed by atoms with van der Waals surface area (Å²) in [6.07, 6.45) is 10.4. The second kappa shape index (κ2) is 6.53. The predicted octanol–water partition coefficient (Wildman–Crippen LogP) is 1.95. The van der Waals surface area contributed by atoms with E-state index in [1.165, 1.54) is 44.9 Å². The number of urea groups is 1. The van der Waals surface area contributed by atoms with E-state index in [2.05, 4.69) is 4.90 Å². The van der Waals surface area contributed by atoms with Crippen LogP contribution in [0.25, 0.3) is 0 Å². The molecule has 1 saturated carbocycles. The van der Waals surface area contributed by atoms with E-state index in [9.17, 15) is 4.79 Å². The summed E-state index contributed by atoms with van der Waals surface area (Å²) in [5.74, 6) is 0. The zero-order valence-corrected chi connectivity index (χ0v) is 13.1. The second-order valence-electron chi connectivity index (χ2n) is 7.00. The number of primary amides is 1. The Hall–Kier alpha value is -0.810. The van der Waals surface area contributed by atoms with Crippen molar-refractivity contribution in [3.8, 4) is 0 Å². The quantitative estimate of drug-likeness (QED) is 0.847. The summed E-state index contributed by atoms with van der Waals surface area (Å²) >= 11 is 0. The lowest BCUT2D eigenvalue weighted by atomic mass is 9.83. The zero-order valence-electron chi connectivity index (χ0n) is 13.1. The largest absolute Gasteiger partial charge is 0.370 e. The monoisotopic (exact) mass is 295 g/mol. The van der Waals surface area contributed by atoms with Gasteiger partial charge in [0.25, 0.3) is 0 Å². The van der Waals surface area contributed by atoms with Gasteiger partial charge in [-0.2, -0.15) is 0 Å². The summed E-state index contributed by atoms with van der Waals surface area (Å²) in [5.41, 5.74) is 5.60. The number of amides is 2. The van der Waals surface area contributed by atoms with Crippen LogP contribution in [0.15, 0.2) is 0 Å². The van der Waals surface area contributed by atoms with Gasteiger partial charge in [-0.05, 0) is 38.6 Å². The summed E-state index contributed by atoms with van der Waals surface area (Å²) in [5, 5.41) is 0. The second-order valence-corrected chi connectivity index (χ2v) is 7.00. The third-order valence-electron chi connectivity index (χ3n) is 5.47. The first-order chi connectivity index (χ1) is 10.2. The molecule has 120 valence electrons. The molecule has 21 heavy (non-hydrogen) atoms. The lowest BCUT2D eigenvalue weighted by Crippen LogP contribution is -2.40. The molecule has 0 aromatic heterocycles. The number of ether oxygens (including phenoxy) is 1. The highest BCUT2D eigenvalue weighted by molar-refractivity contribution is 5.71. The van der Waals surface area contributed by atoms with Crippen LogP contribution in [0.1, 0.15) is 51.4 Å². The number of hydrogen-bond donors (Lipinski definition) is 1. The van der Waals surface area contributed by atoms with E-state index in [1.54, 1.807) is 4.90 Å². The molecule has 1 spiro atoms. The Morgan fingerprint density at radius 1 is 1.05 bits per heavy atom. The summed E-state index contributed by atoms with van der Waals surface area (Å²) in [6.45, 7) is 4.55. The van der Waals surface area contributed by atoms with Crippen LogP contribution in [-0.2, 0) is 4.74 Å². The van der Waals surface area contributed by atoms with Crippen molar-refractivity contribution in [2.75, 3.05) is 32.7 Å². The van der Waals surface area contributed by atoms with E-state index in [0.717, 1.165) is 39.1 Å². The molecule has 0 unspecified atom stereocenters. The van der Waals surface area contributed by atoms with Gasteiger partial charge in [-0.15, -0.1) is 0 Å². The van der Waals surface area contributed by atoms with Crippen LogP contribution in [0.5, 0.6) is 0 Å². The number of nitrogens with two attached hydrogens (primary N) is 1. The smallest absolute Gasteiger partial charge is 0.314 e. The van der Waals surface area contributed by atoms with Gasteiger partial charge in [0.1, 0.15) is 0 Å². The lowest BCUT2D eigenvalue weighted by Gasteiger charge is -2.34. The highest BCUT2D eigenvalue weighted by Gasteiger charge is 2.41. The molecular weight excluding hydrogens is 266 g/mol. The molecule has 3 rings (SSSR count). The third-order valence-corrected chi connectivity index (χ3v) is 5.47. The van der Waals surface area contributed by atoms with Crippen molar-refractivity contribution >= 4 is 6.03 Å². The molecule has 2 N–H and O–H groups in total. The van der Waals surface area contributed by atoms with Crippen LogP contribution in [-0.4, -0.2) is 60.3 Å². The molecule has 2 aliphatic heterocycles. The predicted molar refractivity (Wildman–Crippen MR) is 82.1 cm³/mol. The van der Waals surface area contributed by atoms with Crippen LogP contribution < -0.4 is 5.73 Å². The summed E-state index contributed by atoms with van der Waals surface area (Å²) < 4.78 is 6.46. The minimum absolute atomic E-state index is 0.216. The van der Waals surface area contributed by atoms with Crippen molar-refractivity contribution in [1.29, 1.82) is 0 Å². The van der Waals surface area contributed by atoms with Gasteiger partial charge in [0, 0.05) is 26.2 Å². The molecule has 0 radical (unpaired) electrons. The van der Waals surface area contributed by atoms with Gasteiger partial charge < -0.3 is 15.4 Å². The average Bonchev–Trinajstić information content (AvgIpc) is 2.71.